The molecule has 2 aromatic carbocycles. The third-order valence-electron chi connectivity index (χ3n) is 5.83. The van der Waals surface area contributed by atoms with Crippen LogP contribution in [0.1, 0.15) is 40.8 Å². The second-order valence-electron chi connectivity index (χ2n) is 7.96. The van der Waals surface area contributed by atoms with Crippen molar-refractivity contribution in [1.82, 2.24) is 14.9 Å². The van der Waals surface area contributed by atoms with Gasteiger partial charge in [0.25, 0.3) is 5.91 Å². The van der Waals surface area contributed by atoms with Gasteiger partial charge in [0.05, 0.1) is 5.69 Å². The summed E-state index contributed by atoms with van der Waals surface area (Å²) >= 11 is 0. The van der Waals surface area contributed by atoms with Crippen molar-refractivity contribution in [2.45, 2.75) is 25.7 Å². The van der Waals surface area contributed by atoms with E-state index in [1.165, 1.54) is 12.1 Å². The predicted octanol–water partition coefficient (Wildman–Crippen LogP) is 5.36. The summed E-state index contributed by atoms with van der Waals surface area (Å²) in [5.41, 5.74) is 3.37. The molecule has 1 aliphatic heterocycles. The van der Waals surface area contributed by atoms with Gasteiger partial charge in [0, 0.05) is 36.2 Å². The number of aromatic nitrogens is 2. The molecule has 3 heterocycles. The van der Waals surface area contributed by atoms with Crippen LogP contribution >= 0.6 is 0 Å². The van der Waals surface area contributed by atoms with Gasteiger partial charge in [-0.3, -0.25) is 4.79 Å². The van der Waals surface area contributed by atoms with Crippen molar-refractivity contribution < 1.29 is 13.6 Å². The Bertz CT molecular complexity index is 1220. The summed E-state index contributed by atoms with van der Waals surface area (Å²) in [6.07, 6.45) is 3.60. The van der Waals surface area contributed by atoms with E-state index in [-0.39, 0.29) is 17.6 Å². The quantitative estimate of drug-likeness (QED) is 0.452. The van der Waals surface area contributed by atoms with E-state index in [1.807, 2.05) is 36.1 Å². The number of halogens is 1. The maximum Gasteiger partial charge on any atom is 0.289 e. The lowest BCUT2D eigenvalue weighted by atomic mass is 9.89. The van der Waals surface area contributed by atoms with Gasteiger partial charge in [0.1, 0.15) is 17.2 Å². The molecule has 1 amide bonds. The number of fused-ring (bicyclic) bond motifs is 1. The van der Waals surface area contributed by atoms with Crippen LogP contribution in [0.15, 0.2) is 65.2 Å². The Balaban J connectivity index is 1.44. The average Bonchev–Trinajstić information content (AvgIpc) is 3.24. The van der Waals surface area contributed by atoms with Crippen molar-refractivity contribution in [3.05, 3.63) is 83.9 Å². The first-order valence-corrected chi connectivity index (χ1v) is 10.5. The molecule has 1 saturated heterocycles. The van der Waals surface area contributed by atoms with Crippen LogP contribution in [0.5, 0.6) is 0 Å². The molecule has 6 heteroatoms. The molecule has 156 valence electrons. The zero-order valence-corrected chi connectivity index (χ0v) is 17.2. The molecule has 0 radical (unpaired) electrons. The third kappa shape index (κ3) is 3.81. The Morgan fingerprint density at radius 3 is 2.77 bits per heavy atom. The number of rotatable bonds is 3. The molecule has 1 aliphatic rings. The zero-order valence-electron chi connectivity index (χ0n) is 17.2. The number of hydrogen-bond acceptors (Lipinski definition) is 4. The summed E-state index contributed by atoms with van der Waals surface area (Å²) in [7, 11) is 0. The van der Waals surface area contributed by atoms with E-state index < -0.39 is 0 Å². The summed E-state index contributed by atoms with van der Waals surface area (Å²) in [6.45, 7) is 3.10. The van der Waals surface area contributed by atoms with E-state index in [0.717, 1.165) is 35.0 Å². The Labute approximate surface area is 179 Å². The maximum atomic E-state index is 13.4. The van der Waals surface area contributed by atoms with Crippen molar-refractivity contribution in [2.75, 3.05) is 13.1 Å². The smallest absolute Gasteiger partial charge is 0.289 e. The lowest BCUT2D eigenvalue weighted by Crippen LogP contribution is -2.39. The molecular weight excluding hydrogens is 393 g/mol. The number of hydrogen-bond donors (Lipinski definition) is 0. The van der Waals surface area contributed by atoms with E-state index in [0.29, 0.717) is 30.3 Å². The number of benzene rings is 2. The number of furan rings is 1. The highest BCUT2D eigenvalue weighted by Crippen LogP contribution is 2.34. The number of amides is 1. The third-order valence-corrected chi connectivity index (χ3v) is 5.83. The van der Waals surface area contributed by atoms with E-state index in [2.05, 4.69) is 4.98 Å². The fraction of sp³-hybridized carbons (Fsp3) is 0.240. The molecule has 2 aromatic heterocycles. The molecule has 4 aromatic rings. The molecule has 5 nitrogen and oxygen atoms in total. The second-order valence-corrected chi connectivity index (χ2v) is 7.96. The van der Waals surface area contributed by atoms with E-state index in [1.54, 1.807) is 24.4 Å². The van der Waals surface area contributed by atoms with E-state index >= 15 is 0 Å². The van der Waals surface area contributed by atoms with Crippen LogP contribution in [-0.4, -0.2) is 33.9 Å². The molecule has 31 heavy (non-hydrogen) atoms. The minimum Gasteiger partial charge on any atom is -0.451 e. The van der Waals surface area contributed by atoms with E-state index in [9.17, 15) is 9.18 Å². The zero-order chi connectivity index (χ0) is 21.4. The van der Waals surface area contributed by atoms with Crippen LogP contribution in [0.3, 0.4) is 0 Å². The fourth-order valence-electron chi connectivity index (χ4n) is 4.28. The summed E-state index contributed by atoms with van der Waals surface area (Å²) in [4.78, 5) is 24.1. The molecular formula is C25H22FN3O2. The van der Waals surface area contributed by atoms with Crippen molar-refractivity contribution in [1.29, 1.82) is 0 Å². The van der Waals surface area contributed by atoms with Gasteiger partial charge in [-0.25, -0.2) is 14.4 Å². The second kappa shape index (κ2) is 7.95. The highest BCUT2D eigenvalue weighted by atomic mass is 19.1. The van der Waals surface area contributed by atoms with Crippen molar-refractivity contribution in [3.63, 3.8) is 0 Å². The van der Waals surface area contributed by atoms with Crippen LogP contribution in [0, 0.1) is 12.7 Å². The molecule has 5 rings (SSSR count). The number of aryl methyl sites for hydroxylation is 1. The van der Waals surface area contributed by atoms with Crippen LogP contribution in [0.4, 0.5) is 4.39 Å². The van der Waals surface area contributed by atoms with Gasteiger partial charge in [-0.2, -0.15) is 0 Å². The van der Waals surface area contributed by atoms with Crippen LogP contribution in [0.2, 0.25) is 0 Å². The normalized spacial score (nSPS) is 16.6. The van der Waals surface area contributed by atoms with Crippen molar-refractivity contribution in [2.24, 2.45) is 0 Å². The van der Waals surface area contributed by atoms with Gasteiger partial charge in [-0.1, -0.05) is 30.3 Å². The van der Waals surface area contributed by atoms with E-state index in [4.69, 9.17) is 9.40 Å². The largest absolute Gasteiger partial charge is 0.451 e. The minimum atomic E-state index is -0.279. The van der Waals surface area contributed by atoms with Gasteiger partial charge >= 0.3 is 0 Å². The lowest BCUT2D eigenvalue weighted by molar-refractivity contribution is 0.0676. The summed E-state index contributed by atoms with van der Waals surface area (Å²) in [5.74, 6) is 0.735. The maximum absolute atomic E-state index is 13.4. The monoisotopic (exact) mass is 415 g/mol. The van der Waals surface area contributed by atoms with Gasteiger partial charge in [-0.05, 0) is 49.6 Å². The number of carbonyl (C=O) groups is 1. The van der Waals surface area contributed by atoms with Crippen molar-refractivity contribution >= 4 is 16.9 Å². The highest BCUT2D eigenvalue weighted by molar-refractivity contribution is 5.96. The molecule has 0 N–H and O–H groups in total. The first-order chi connectivity index (χ1) is 15.1. The summed E-state index contributed by atoms with van der Waals surface area (Å²) < 4.78 is 19.2. The first-order valence-electron chi connectivity index (χ1n) is 10.5. The van der Waals surface area contributed by atoms with Crippen molar-refractivity contribution in [3.8, 4) is 11.1 Å². The Morgan fingerprint density at radius 1 is 1.16 bits per heavy atom. The summed E-state index contributed by atoms with van der Waals surface area (Å²) in [6, 6.07) is 15.8. The van der Waals surface area contributed by atoms with Gasteiger partial charge in [0.2, 0.25) is 0 Å². The topological polar surface area (TPSA) is 59.2 Å². The molecule has 0 saturated carbocycles. The predicted molar refractivity (Wildman–Crippen MR) is 116 cm³/mol. The summed E-state index contributed by atoms with van der Waals surface area (Å²) in [5, 5.41) is 0.921. The Hall–Kier alpha value is -3.54. The van der Waals surface area contributed by atoms with Crippen LogP contribution in [-0.2, 0) is 0 Å². The Kier molecular flexibility index (Phi) is 4.98. The molecule has 0 aliphatic carbocycles. The molecule has 1 atom stereocenters. The average molecular weight is 415 g/mol. The van der Waals surface area contributed by atoms with Gasteiger partial charge in [0.15, 0.2) is 5.76 Å². The molecule has 0 bridgehead atoms. The number of nitrogens with zero attached hydrogens (tertiary/aromatic N) is 3. The fourth-order valence-corrected chi connectivity index (χ4v) is 4.28. The number of carbonyl (C=O) groups excluding carboxylic acids is 1. The highest BCUT2D eigenvalue weighted by Gasteiger charge is 2.29. The van der Waals surface area contributed by atoms with Crippen LogP contribution < -0.4 is 0 Å². The first kappa shape index (κ1) is 19.4. The number of piperidine rings is 1. The molecule has 0 spiro atoms. The molecule has 1 unspecified atom stereocenters. The number of para-hydroxylation sites is 1. The Morgan fingerprint density at radius 2 is 1.97 bits per heavy atom. The van der Waals surface area contributed by atoms with Gasteiger partial charge in [-0.15, -0.1) is 0 Å². The molecule has 1 fully saturated rings. The lowest BCUT2D eigenvalue weighted by Gasteiger charge is -2.32. The van der Waals surface area contributed by atoms with Crippen LogP contribution in [0.25, 0.3) is 22.1 Å². The standard InChI is InChI=1S/C25H22FN3O2/c1-16-27-14-21(17-8-10-20(26)11-9-17)24(28-16)19-6-4-12-29(15-19)25(30)23-13-18-5-2-3-7-22(18)31-23/h2-3,5,7-11,13-14,19H,4,6,12,15H2,1H3. The number of likely N-dealkylation sites (tertiary alicyclic amines) is 1. The van der Waals surface area contributed by atoms with Gasteiger partial charge < -0.3 is 9.32 Å². The minimum absolute atomic E-state index is 0.0730. The SMILES string of the molecule is Cc1ncc(-c2ccc(F)cc2)c(C2CCCN(C(=O)c3cc4ccccc4o3)C2)n1.